The molecule has 0 unspecified atom stereocenters. The van der Waals surface area contributed by atoms with Crippen molar-refractivity contribution < 1.29 is 24.6 Å². The standard InChI is InChI=1S/C10H9NO5/c11-6-4-2-1-3-5(6)7(12)8(13)9(14)10(15)16/h1-4,8,13H,11H2,(H,15,16)/p-1/t8-/m1/s1. The van der Waals surface area contributed by atoms with Crippen molar-refractivity contribution in [2.45, 2.75) is 6.10 Å². The highest BCUT2D eigenvalue weighted by molar-refractivity contribution is 6.39. The Morgan fingerprint density at radius 3 is 2.31 bits per heavy atom. The van der Waals surface area contributed by atoms with E-state index in [-0.39, 0.29) is 11.3 Å². The highest BCUT2D eigenvalue weighted by Gasteiger charge is 2.26. The summed E-state index contributed by atoms with van der Waals surface area (Å²) in [5, 5.41) is 19.3. The van der Waals surface area contributed by atoms with E-state index in [1.807, 2.05) is 0 Å². The molecule has 0 aliphatic carbocycles. The summed E-state index contributed by atoms with van der Waals surface area (Å²) in [4.78, 5) is 32.4. The lowest BCUT2D eigenvalue weighted by atomic mass is 10.0. The van der Waals surface area contributed by atoms with Gasteiger partial charge in [0.25, 0.3) is 0 Å². The van der Waals surface area contributed by atoms with Crippen LogP contribution in [0.15, 0.2) is 24.3 Å². The van der Waals surface area contributed by atoms with E-state index in [0.29, 0.717) is 0 Å². The van der Waals surface area contributed by atoms with Crippen LogP contribution in [0.3, 0.4) is 0 Å². The largest absolute Gasteiger partial charge is 0.542 e. The fraction of sp³-hybridized carbons (Fsp3) is 0.100. The number of hydrogen-bond acceptors (Lipinski definition) is 6. The van der Waals surface area contributed by atoms with Crippen molar-refractivity contribution in [3.8, 4) is 0 Å². The van der Waals surface area contributed by atoms with Gasteiger partial charge in [-0.25, -0.2) is 0 Å². The lowest BCUT2D eigenvalue weighted by Crippen LogP contribution is -2.43. The Balaban J connectivity index is 3.00. The number of nitrogens with two attached hydrogens (primary N) is 1. The van der Waals surface area contributed by atoms with E-state index in [9.17, 15) is 19.5 Å². The maximum Gasteiger partial charge on any atom is 0.214 e. The van der Waals surface area contributed by atoms with Crippen LogP contribution in [0.25, 0.3) is 0 Å². The molecule has 16 heavy (non-hydrogen) atoms. The highest BCUT2D eigenvalue weighted by atomic mass is 16.4. The van der Waals surface area contributed by atoms with Gasteiger partial charge in [-0.05, 0) is 12.1 Å². The van der Waals surface area contributed by atoms with Gasteiger partial charge in [0.15, 0.2) is 6.10 Å². The monoisotopic (exact) mass is 222 g/mol. The zero-order valence-corrected chi connectivity index (χ0v) is 8.04. The van der Waals surface area contributed by atoms with Crippen LogP contribution in [0, 0.1) is 0 Å². The Hall–Kier alpha value is -2.21. The smallest absolute Gasteiger partial charge is 0.214 e. The fourth-order valence-corrected chi connectivity index (χ4v) is 1.10. The van der Waals surface area contributed by atoms with Gasteiger partial charge in [-0.1, -0.05) is 12.1 Å². The summed E-state index contributed by atoms with van der Waals surface area (Å²) in [7, 11) is 0. The molecule has 1 aromatic rings. The molecule has 0 aliphatic heterocycles. The van der Waals surface area contributed by atoms with Gasteiger partial charge in [-0.3, -0.25) is 9.59 Å². The minimum atomic E-state index is -2.28. The summed E-state index contributed by atoms with van der Waals surface area (Å²) < 4.78 is 0. The highest BCUT2D eigenvalue weighted by Crippen LogP contribution is 2.13. The van der Waals surface area contributed by atoms with Gasteiger partial charge in [0, 0.05) is 11.3 Å². The molecular formula is C10H8NO5-. The zero-order valence-electron chi connectivity index (χ0n) is 8.04. The average molecular weight is 222 g/mol. The van der Waals surface area contributed by atoms with Crippen LogP contribution < -0.4 is 10.8 Å². The van der Waals surface area contributed by atoms with E-state index >= 15 is 0 Å². The molecule has 1 rings (SSSR count). The summed E-state index contributed by atoms with van der Waals surface area (Å²) >= 11 is 0. The lowest BCUT2D eigenvalue weighted by molar-refractivity contribution is -0.300. The van der Waals surface area contributed by atoms with Crippen LogP contribution in [0.4, 0.5) is 5.69 Å². The van der Waals surface area contributed by atoms with Gasteiger partial charge in [0.05, 0.1) is 0 Å². The van der Waals surface area contributed by atoms with E-state index in [4.69, 9.17) is 10.8 Å². The van der Waals surface area contributed by atoms with Gasteiger partial charge in [-0.15, -0.1) is 0 Å². The molecule has 0 aliphatic rings. The SMILES string of the molecule is Nc1ccccc1C(=O)[C@@H](O)C(=O)C(=O)[O-]. The topological polar surface area (TPSA) is 121 Å². The number of carboxylic acid groups (broad SMARTS) is 1. The number of rotatable bonds is 4. The number of benzene rings is 1. The minimum absolute atomic E-state index is 0.0534. The Bertz CT molecular complexity index is 454. The fourth-order valence-electron chi connectivity index (χ4n) is 1.10. The number of carbonyl (C=O) groups is 3. The van der Waals surface area contributed by atoms with E-state index in [1.165, 1.54) is 18.2 Å². The molecule has 3 N–H and O–H groups in total. The summed E-state index contributed by atoms with van der Waals surface area (Å²) in [6, 6.07) is 5.70. The van der Waals surface area contributed by atoms with Gasteiger partial charge < -0.3 is 20.7 Å². The van der Waals surface area contributed by atoms with E-state index in [2.05, 4.69) is 0 Å². The van der Waals surface area contributed by atoms with Gasteiger partial charge in [0.2, 0.25) is 11.6 Å². The third-order valence-corrected chi connectivity index (χ3v) is 1.92. The molecule has 0 radical (unpaired) electrons. The summed E-state index contributed by atoms with van der Waals surface area (Å²) in [6.45, 7) is 0. The molecule has 0 aromatic heterocycles. The number of aliphatic hydroxyl groups is 1. The maximum atomic E-state index is 11.5. The summed E-state index contributed by atoms with van der Waals surface area (Å²) in [5.41, 5.74) is 5.38. The molecule has 6 heteroatoms. The predicted molar refractivity (Wildman–Crippen MR) is 51.2 cm³/mol. The molecule has 1 aromatic carbocycles. The van der Waals surface area contributed by atoms with Gasteiger partial charge in [-0.2, -0.15) is 0 Å². The second-order valence-electron chi connectivity index (χ2n) is 3.01. The van der Waals surface area contributed by atoms with E-state index < -0.39 is 23.6 Å². The number of anilines is 1. The Morgan fingerprint density at radius 1 is 1.25 bits per heavy atom. The molecular weight excluding hydrogens is 214 g/mol. The number of para-hydroxylation sites is 1. The van der Waals surface area contributed by atoms with Gasteiger partial charge >= 0.3 is 0 Å². The van der Waals surface area contributed by atoms with Crippen LogP contribution in [0.2, 0.25) is 0 Å². The molecule has 84 valence electrons. The Labute approximate surface area is 90.3 Å². The summed E-state index contributed by atoms with van der Waals surface area (Å²) in [5.74, 6) is -4.86. The number of ketones is 2. The van der Waals surface area contributed by atoms with E-state index in [0.717, 1.165) is 0 Å². The van der Waals surface area contributed by atoms with Crippen LogP contribution in [-0.2, 0) is 9.59 Å². The molecule has 0 saturated carbocycles. The first-order valence-corrected chi connectivity index (χ1v) is 4.27. The zero-order chi connectivity index (χ0) is 12.3. The second-order valence-corrected chi connectivity index (χ2v) is 3.01. The van der Waals surface area contributed by atoms with Crippen molar-refractivity contribution in [3.63, 3.8) is 0 Å². The van der Waals surface area contributed by atoms with Crippen molar-refractivity contribution in [1.29, 1.82) is 0 Å². The molecule has 0 amide bonds. The quantitative estimate of drug-likeness (QED) is 0.266. The van der Waals surface area contributed by atoms with Crippen molar-refractivity contribution >= 4 is 23.2 Å². The third-order valence-electron chi connectivity index (χ3n) is 1.92. The molecule has 0 saturated heterocycles. The molecule has 1 atom stereocenters. The molecule has 0 heterocycles. The Morgan fingerprint density at radius 2 is 1.81 bits per heavy atom. The van der Waals surface area contributed by atoms with E-state index in [1.54, 1.807) is 6.07 Å². The molecule has 0 spiro atoms. The average Bonchev–Trinajstić information content (AvgIpc) is 2.26. The first-order valence-electron chi connectivity index (χ1n) is 4.27. The first-order chi connectivity index (χ1) is 7.45. The van der Waals surface area contributed by atoms with Crippen LogP contribution >= 0.6 is 0 Å². The van der Waals surface area contributed by atoms with Crippen LogP contribution in [0.5, 0.6) is 0 Å². The minimum Gasteiger partial charge on any atom is -0.542 e. The lowest BCUT2D eigenvalue weighted by Gasteiger charge is -2.10. The van der Waals surface area contributed by atoms with Gasteiger partial charge in [0.1, 0.15) is 5.97 Å². The number of aliphatic carboxylic acids is 1. The normalized spacial score (nSPS) is 11.8. The predicted octanol–water partition coefficient (Wildman–Crippen LogP) is -1.87. The number of carbonyl (C=O) groups excluding carboxylic acids is 3. The Kier molecular flexibility index (Phi) is 3.37. The maximum absolute atomic E-state index is 11.5. The molecule has 0 bridgehead atoms. The molecule has 6 nitrogen and oxygen atoms in total. The first kappa shape index (κ1) is 11.9. The second kappa shape index (κ2) is 4.54. The van der Waals surface area contributed by atoms with Crippen LogP contribution in [0.1, 0.15) is 10.4 Å². The number of nitrogen functional groups attached to an aromatic ring is 1. The van der Waals surface area contributed by atoms with Crippen LogP contribution in [-0.4, -0.2) is 28.7 Å². The number of Topliss-reactive ketones (excluding diaryl/α,β-unsaturated/α-hetero) is 2. The number of hydrogen-bond donors (Lipinski definition) is 2. The molecule has 0 fully saturated rings. The van der Waals surface area contributed by atoms with Crippen molar-refractivity contribution in [2.75, 3.05) is 5.73 Å². The van der Waals surface area contributed by atoms with Crippen molar-refractivity contribution in [1.82, 2.24) is 0 Å². The summed E-state index contributed by atoms with van der Waals surface area (Å²) in [6.07, 6.45) is -2.28. The van der Waals surface area contributed by atoms with Crippen molar-refractivity contribution in [3.05, 3.63) is 29.8 Å². The van der Waals surface area contributed by atoms with Crippen molar-refractivity contribution in [2.24, 2.45) is 0 Å². The third kappa shape index (κ3) is 2.23. The number of carboxylic acids is 1. The number of aliphatic hydroxyl groups excluding tert-OH is 1.